The number of nitrogens with zero attached hydrogens (tertiary/aromatic N) is 3. The molecule has 1 aliphatic rings. The van der Waals surface area contributed by atoms with Gasteiger partial charge in [0.15, 0.2) is 0 Å². The van der Waals surface area contributed by atoms with Gasteiger partial charge in [0.2, 0.25) is 5.91 Å². The summed E-state index contributed by atoms with van der Waals surface area (Å²) in [5.41, 5.74) is 2.25. The number of rotatable bonds is 4. The highest BCUT2D eigenvalue weighted by molar-refractivity contribution is 9.10. The van der Waals surface area contributed by atoms with E-state index < -0.39 is 0 Å². The van der Waals surface area contributed by atoms with Crippen LogP contribution in [0.5, 0.6) is 0 Å². The third-order valence-electron chi connectivity index (χ3n) is 3.37. The molecule has 0 radical (unpaired) electrons. The van der Waals surface area contributed by atoms with Crippen molar-refractivity contribution in [1.82, 2.24) is 14.7 Å². The lowest BCUT2D eigenvalue weighted by atomic mass is 10.1. The summed E-state index contributed by atoms with van der Waals surface area (Å²) in [6.45, 7) is 6.70. The van der Waals surface area contributed by atoms with Gasteiger partial charge in [-0.3, -0.25) is 9.48 Å². The van der Waals surface area contributed by atoms with Crippen LogP contribution in [-0.2, 0) is 11.3 Å². The molecule has 1 atom stereocenters. The van der Waals surface area contributed by atoms with Crippen LogP contribution in [-0.4, -0.2) is 38.5 Å². The summed E-state index contributed by atoms with van der Waals surface area (Å²) < 4.78 is 2.02. The standard InChI is InChI=1S/C13H20BrN3O/c1-10-9-11(2)17(15-10)8-4-7-16-6-3-5-12(14)13(16)18/h9,12H,3-8H2,1-2H3. The maximum atomic E-state index is 11.9. The number of halogens is 1. The van der Waals surface area contributed by atoms with Crippen LogP contribution < -0.4 is 0 Å². The molecule has 1 unspecified atom stereocenters. The van der Waals surface area contributed by atoms with Gasteiger partial charge < -0.3 is 4.90 Å². The third kappa shape index (κ3) is 3.13. The molecule has 1 aromatic heterocycles. The molecule has 1 saturated heterocycles. The van der Waals surface area contributed by atoms with E-state index in [-0.39, 0.29) is 10.7 Å². The van der Waals surface area contributed by atoms with Crippen LogP contribution >= 0.6 is 15.9 Å². The first-order valence-corrected chi connectivity index (χ1v) is 7.43. The van der Waals surface area contributed by atoms with Crippen molar-refractivity contribution in [3.8, 4) is 0 Å². The summed E-state index contributed by atoms with van der Waals surface area (Å²) in [5.74, 6) is 0.245. The molecule has 1 aliphatic heterocycles. The molecule has 0 N–H and O–H groups in total. The molecule has 0 aliphatic carbocycles. The fourth-order valence-electron chi connectivity index (χ4n) is 2.43. The van der Waals surface area contributed by atoms with Crippen LogP contribution in [0.2, 0.25) is 0 Å². The van der Waals surface area contributed by atoms with E-state index in [1.807, 2.05) is 16.5 Å². The van der Waals surface area contributed by atoms with Gasteiger partial charge in [-0.1, -0.05) is 15.9 Å². The van der Waals surface area contributed by atoms with Gasteiger partial charge in [-0.25, -0.2) is 0 Å². The highest BCUT2D eigenvalue weighted by Gasteiger charge is 2.25. The summed E-state index contributed by atoms with van der Waals surface area (Å²) >= 11 is 3.44. The Morgan fingerprint density at radius 2 is 2.22 bits per heavy atom. The van der Waals surface area contributed by atoms with Crippen molar-refractivity contribution in [3.05, 3.63) is 17.5 Å². The van der Waals surface area contributed by atoms with Crippen molar-refractivity contribution in [1.29, 1.82) is 0 Å². The fraction of sp³-hybridized carbons (Fsp3) is 0.692. The van der Waals surface area contributed by atoms with Crippen LogP contribution in [0.3, 0.4) is 0 Å². The largest absolute Gasteiger partial charge is 0.342 e. The predicted molar refractivity (Wildman–Crippen MR) is 74.8 cm³/mol. The Kier molecular flexibility index (Phi) is 4.43. The third-order valence-corrected chi connectivity index (χ3v) is 4.22. The van der Waals surface area contributed by atoms with Gasteiger partial charge in [0.1, 0.15) is 0 Å². The van der Waals surface area contributed by atoms with Gasteiger partial charge in [-0.15, -0.1) is 0 Å². The van der Waals surface area contributed by atoms with Crippen LogP contribution in [0.1, 0.15) is 30.7 Å². The van der Waals surface area contributed by atoms with Gasteiger partial charge in [-0.2, -0.15) is 5.10 Å². The lowest BCUT2D eigenvalue weighted by Crippen LogP contribution is -2.42. The Hall–Kier alpha value is -0.840. The van der Waals surface area contributed by atoms with Crippen LogP contribution in [0, 0.1) is 13.8 Å². The number of likely N-dealkylation sites (tertiary alicyclic amines) is 1. The number of alkyl halides is 1. The first-order valence-electron chi connectivity index (χ1n) is 6.52. The quantitative estimate of drug-likeness (QED) is 0.800. The van der Waals surface area contributed by atoms with Crippen molar-refractivity contribution in [3.63, 3.8) is 0 Å². The van der Waals surface area contributed by atoms with E-state index in [9.17, 15) is 4.79 Å². The molecular weight excluding hydrogens is 294 g/mol. The molecule has 100 valence electrons. The molecular formula is C13H20BrN3O. The lowest BCUT2D eigenvalue weighted by molar-refractivity contribution is -0.132. The molecule has 5 heteroatoms. The fourth-order valence-corrected chi connectivity index (χ4v) is 3.04. The number of hydrogen-bond acceptors (Lipinski definition) is 2. The van der Waals surface area contributed by atoms with Gasteiger partial charge >= 0.3 is 0 Å². The average Bonchev–Trinajstić information content (AvgIpc) is 2.63. The normalized spacial score (nSPS) is 20.5. The van der Waals surface area contributed by atoms with E-state index in [4.69, 9.17) is 0 Å². The topological polar surface area (TPSA) is 38.1 Å². The smallest absolute Gasteiger partial charge is 0.236 e. The molecule has 18 heavy (non-hydrogen) atoms. The van der Waals surface area contributed by atoms with Crippen molar-refractivity contribution in [2.45, 2.75) is 44.5 Å². The second kappa shape index (κ2) is 5.87. The monoisotopic (exact) mass is 313 g/mol. The number of aryl methyl sites for hydroxylation is 3. The van der Waals surface area contributed by atoms with Crippen molar-refractivity contribution >= 4 is 21.8 Å². The Labute approximate surface area is 116 Å². The Morgan fingerprint density at radius 1 is 1.44 bits per heavy atom. The molecule has 1 fully saturated rings. The molecule has 4 nitrogen and oxygen atoms in total. The average molecular weight is 314 g/mol. The maximum Gasteiger partial charge on any atom is 0.236 e. The first-order chi connectivity index (χ1) is 8.58. The minimum Gasteiger partial charge on any atom is -0.342 e. The Bertz CT molecular complexity index is 430. The van der Waals surface area contributed by atoms with E-state index in [0.717, 1.165) is 44.6 Å². The number of amides is 1. The second-order valence-corrected chi connectivity index (χ2v) is 6.04. The lowest BCUT2D eigenvalue weighted by Gasteiger charge is -2.29. The number of carbonyl (C=O) groups is 1. The molecule has 0 bridgehead atoms. The molecule has 1 amide bonds. The molecule has 0 aromatic carbocycles. The van der Waals surface area contributed by atoms with Crippen LogP contribution in [0.15, 0.2) is 6.07 Å². The van der Waals surface area contributed by atoms with E-state index in [1.54, 1.807) is 0 Å². The zero-order chi connectivity index (χ0) is 13.1. The minimum atomic E-state index is 0.0277. The van der Waals surface area contributed by atoms with E-state index in [0.29, 0.717) is 0 Å². The molecule has 0 spiro atoms. The maximum absolute atomic E-state index is 11.9. The number of hydrogen-bond donors (Lipinski definition) is 0. The number of aromatic nitrogens is 2. The summed E-state index contributed by atoms with van der Waals surface area (Å²) in [5, 5.41) is 4.43. The van der Waals surface area contributed by atoms with Gasteiger partial charge in [0.25, 0.3) is 0 Å². The summed E-state index contributed by atoms with van der Waals surface area (Å²) in [6, 6.07) is 2.08. The van der Waals surface area contributed by atoms with E-state index in [1.165, 1.54) is 5.69 Å². The van der Waals surface area contributed by atoms with Crippen molar-refractivity contribution < 1.29 is 4.79 Å². The summed E-state index contributed by atoms with van der Waals surface area (Å²) in [7, 11) is 0. The molecule has 2 rings (SSSR count). The highest BCUT2D eigenvalue weighted by atomic mass is 79.9. The van der Waals surface area contributed by atoms with Gasteiger partial charge in [0.05, 0.1) is 10.5 Å². The minimum absolute atomic E-state index is 0.0277. The number of piperidine rings is 1. The Morgan fingerprint density at radius 3 is 2.89 bits per heavy atom. The predicted octanol–water partition coefficient (Wildman–Crippen LogP) is 2.28. The van der Waals surface area contributed by atoms with Gasteiger partial charge in [-0.05, 0) is 39.2 Å². The Balaban J connectivity index is 1.81. The number of carbonyl (C=O) groups excluding carboxylic acids is 1. The SMILES string of the molecule is Cc1cc(C)n(CCCN2CCCC(Br)C2=O)n1. The first kappa shape index (κ1) is 13.6. The van der Waals surface area contributed by atoms with Crippen LogP contribution in [0.4, 0.5) is 0 Å². The van der Waals surface area contributed by atoms with Gasteiger partial charge in [0, 0.05) is 25.3 Å². The highest BCUT2D eigenvalue weighted by Crippen LogP contribution is 2.18. The molecule has 0 saturated carbocycles. The van der Waals surface area contributed by atoms with E-state index >= 15 is 0 Å². The second-order valence-electron chi connectivity index (χ2n) is 4.94. The molecule has 2 heterocycles. The van der Waals surface area contributed by atoms with Crippen LogP contribution in [0.25, 0.3) is 0 Å². The van der Waals surface area contributed by atoms with Crippen molar-refractivity contribution in [2.75, 3.05) is 13.1 Å². The summed E-state index contributed by atoms with van der Waals surface area (Å²) in [6.07, 6.45) is 3.03. The zero-order valence-corrected chi connectivity index (χ0v) is 12.6. The molecule has 1 aromatic rings. The van der Waals surface area contributed by atoms with E-state index in [2.05, 4.69) is 34.0 Å². The zero-order valence-electron chi connectivity index (χ0n) is 11.0. The van der Waals surface area contributed by atoms with Crippen molar-refractivity contribution in [2.24, 2.45) is 0 Å². The summed E-state index contributed by atoms with van der Waals surface area (Å²) in [4.78, 5) is 13.9.